The Morgan fingerprint density at radius 2 is 1.48 bits per heavy atom. The van der Waals surface area contributed by atoms with E-state index < -0.39 is 0 Å². The summed E-state index contributed by atoms with van der Waals surface area (Å²) >= 11 is 0. The van der Waals surface area contributed by atoms with Gasteiger partial charge in [-0.05, 0) is 53.3 Å². The molecule has 0 saturated carbocycles. The van der Waals surface area contributed by atoms with Crippen LogP contribution in [0.5, 0.6) is 5.75 Å². The Balaban J connectivity index is 2.73. The zero-order valence-corrected chi connectivity index (χ0v) is 18.2. The third kappa shape index (κ3) is 7.92. The quantitative estimate of drug-likeness (QED) is 0.553. The molecule has 0 aliphatic carbocycles. The van der Waals surface area contributed by atoms with Gasteiger partial charge in [0.05, 0.1) is 0 Å². The van der Waals surface area contributed by atoms with E-state index in [1.807, 2.05) is 0 Å². The van der Waals surface area contributed by atoms with Gasteiger partial charge in [-0.25, -0.2) is 0 Å². The Kier molecular flexibility index (Phi) is 8.80. The molecule has 1 rings (SSSR count). The van der Waals surface area contributed by atoms with Crippen molar-refractivity contribution in [3.63, 3.8) is 0 Å². The number of rotatable bonds is 9. The van der Waals surface area contributed by atoms with Crippen molar-refractivity contribution in [2.75, 3.05) is 13.1 Å². The smallest absolute Gasteiger partial charge is 0.220 e. The van der Waals surface area contributed by atoms with Crippen molar-refractivity contribution in [1.82, 2.24) is 5.32 Å². The van der Waals surface area contributed by atoms with E-state index in [0.29, 0.717) is 18.6 Å². The summed E-state index contributed by atoms with van der Waals surface area (Å²) in [5.74, 6) is 0.484. The Hall–Kier alpha value is -1.55. The van der Waals surface area contributed by atoms with Gasteiger partial charge in [0.25, 0.3) is 0 Å². The molecule has 1 amide bonds. The van der Waals surface area contributed by atoms with E-state index in [4.69, 9.17) is 5.73 Å². The topological polar surface area (TPSA) is 75.4 Å². The number of carbonyl (C=O) groups excluding carboxylic acids is 1. The third-order valence-corrected chi connectivity index (χ3v) is 4.88. The highest BCUT2D eigenvalue weighted by Gasteiger charge is 2.26. The summed E-state index contributed by atoms with van der Waals surface area (Å²) in [7, 11) is 0. The van der Waals surface area contributed by atoms with Gasteiger partial charge in [-0.3, -0.25) is 4.79 Å². The molecule has 27 heavy (non-hydrogen) atoms. The van der Waals surface area contributed by atoms with E-state index in [1.54, 1.807) is 0 Å². The standard InChI is InChI=1S/C23H40N2O2/c1-22(2,3)18-15-17(16-19(21(18)27)23(4,5)6)11-12-20(26)25-14-10-8-7-9-13-24/h15-16,27H,7-14,24H2,1-6H3,(H,25,26). The van der Waals surface area contributed by atoms with E-state index in [-0.39, 0.29) is 16.7 Å². The number of benzene rings is 1. The fourth-order valence-corrected chi connectivity index (χ4v) is 3.18. The van der Waals surface area contributed by atoms with E-state index in [1.165, 1.54) is 0 Å². The lowest BCUT2D eigenvalue weighted by molar-refractivity contribution is -0.121. The van der Waals surface area contributed by atoms with Gasteiger partial charge in [0, 0.05) is 13.0 Å². The first-order chi connectivity index (χ1) is 12.5. The molecule has 0 bridgehead atoms. The molecule has 0 atom stereocenters. The number of amides is 1. The summed E-state index contributed by atoms with van der Waals surface area (Å²) in [4.78, 5) is 12.2. The van der Waals surface area contributed by atoms with Gasteiger partial charge in [-0.2, -0.15) is 0 Å². The van der Waals surface area contributed by atoms with E-state index in [2.05, 4.69) is 59.0 Å². The second kappa shape index (κ2) is 10.1. The number of nitrogens with one attached hydrogen (secondary N) is 1. The van der Waals surface area contributed by atoms with Crippen LogP contribution in [0.2, 0.25) is 0 Å². The minimum atomic E-state index is -0.147. The van der Waals surface area contributed by atoms with Gasteiger partial charge < -0.3 is 16.2 Å². The Bertz CT molecular complexity index is 575. The number of unbranched alkanes of at least 4 members (excludes halogenated alkanes) is 3. The lowest BCUT2D eigenvalue weighted by Gasteiger charge is -2.28. The van der Waals surface area contributed by atoms with Crippen LogP contribution < -0.4 is 11.1 Å². The fourth-order valence-electron chi connectivity index (χ4n) is 3.18. The van der Waals surface area contributed by atoms with E-state index >= 15 is 0 Å². The van der Waals surface area contributed by atoms with Gasteiger partial charge in [0.1, 0.15) is 5.75 Å². The van der Waals surface area contributed by atoms with Crippen molar-refractivity contribution in [3.8, 4) is 5.75 Å². The summed E-state index contributed by atoms with van der Waals surface area (Å²) in [6.45, 7) is 14.1. The maximum atomic E-state index is 12.2. The van der Waals surface area contributed by atoms with Crippen LogP contribution in [0, 0.1) is 0 Å². The summed E-state index contributed by atoms with van der Waals surface area (Å²) < 4.78 is 0. The maximum absolute atomic E-state index is 12.2. The number of aromatic hydroxyl groups is 1. The van der Waals surface area contributed by atoms with Crippen molar-refractivity contribution in [3.05, 3.63) is 28.8 Å². The average molecular weight is 377 g/mol. The number of aryl methyl sites for hydroxylation is 1. The third-order valence-electron chi connectivity index (χ3n) is 4.88. The summed E-state index contributed by atoms with van der Waals surface area (Å²) in [6, 6.07) is 4.12. The second-order valence-corrected chi connectivity index (χ2v) is 9.59. The normalized spacial score (nSPS) is 12.3. The number of hydrogen-bond acceptors (Lipinski definition) is 3. The Morgan fingerprint density at radius 1 is 0.963 bits per heavy atom. The Labute approximate surface area is 165 Å². The fraction of sp³-hybridized carbons (Fsp3) is 0.696. The molecular weight excluding hydrogens is 336 g/mol. The van der Waals surface area contributed by atoms with Crippen molar-refractivity contribution in [2.45, 2.75) is 90.9 Å². The maximum Gasteiger partial charge on any atom is 0.220 e. The number of phenols is 1. The molecule has 1 aromatic rings. The Morgan fingerprint density at radius 3 is 1.96 bits per heavy atom. The summed E-state index contributed by atoms with van der Waals surface area (Å²) in [5, 5.41) is 13.8. The first-order valence-corrected chi connectivity index (χ1v) is 10.3. The molecule has 0 radical (unpaired) electrons. The van der Waals surface area contributed by atoms with Crippen molar-refractivity contribution < 1.29 is 9.90 Å². The van der Waals surface area contributed by atoms with Gasteiger partial charge in [-0.15, -0.1) is 0 Å². The molecule has 4 heteroatoms. The molecule has 0 aliphatic heterocycles. The highest BCUT2D eigenvalue weighted by atomic mass is 16.3. The molecule has 0 unspecified atom stereocenters. The lowest BCUT2D eigenvalue weighted by atomic mass is 9.78. The molecule has 4 N–H and O–H groups in total. The summed E-state index contributed by atoms with van der Waals surface area (Å²) in [5.41, 5.74) is 8.20. The minimum absolute atomic E-state index is 0.0940. The predicted molar refractivity (Wildman–Crippen MR) is 114 cm³/mol. The van der Waals surface area contributed by atoms with Crippen LogP contribution in [0.3, 0.4) is 0 Å². The van der Waals surface area contributed by atoms with Crippen molar-refractivity contribution >= 4 is 5.91 Å². The van der Waals surface area contributed by atoms with Crippen LogP contribution >= 0.6 is 0 Å². The molecule has 0 aliphatic rings. The van der Waals surface area contributed by atoms with Crippen LogP contribution in [-0.2, 0) is 22.0 Å². The van der Waals surface area contributed by atoms with Gasteiger partial charge >= 0.3 is 0 Å². The molecule has 0 aromatic heterocycles. The minimum Gasteiger partial charge on any atom is -0.507 e. The van der Waals surface area contributed by atoms with Crippen LogP contribution in [0.15, 0.2) is 12.1 Å². The lowest BCUT2D eigenvalue weighted by Crippen LogP contribution is -2.25. The average Bonchev–Trinajstić information content (AvgIpc) is 2.54. The number of nitrogens with two attached hydrogens (primary N) is 1. The van der Waals surface area contributed by atoms with Crippen LogP contribution in [0.1, 0.15) is 90.3 Å². The molecule has 0 saturated heterocycles. The van der Waals surface area contributed by atoms with E-state index in [0.717, 1.165) is 55.5 Å². The van der Waals surface area contributed by atoms with Gasteiger partial charge in [-0.1, -0.05) is 66.5 Å². The second-order valence-electron chi connectivity index (χ2n) is 9.59. The number of phenolic OH excluding ortho intramolecular Hbond substituents is 1. The van der Waals surface area contributed by atoms with Crippen molar-refractivity contribution in [2.24, 2.45) is 5.73 Å². The van der Waals surface area contributed by atoms with Crippen LogP contribution in [0.4, 0.5) is 0 Å². The van der Waals surface area contributed by atoms with Gasteiger partial charge in [0.2, 0.25) is 5.91 Å². The zero-order valence-electron chi connectivity index (χ0n) is 18.2. The number of hydrogen-bond donors (Lipinski definition) is 3. The summed E-state index contributed by atoms with van der Waals surface area (Å²) in [6.07, 6.45) is 5.46. The predicted octanol–water partition coefficient (Wildman–Crippen LogP) is 4.56. The molecule has 0 fully saturated rings. The number of carbonyl (C=O) groups is 1. The van der Waals surface area contributed by atoms with Crippen LogP contribution in [0.25, 0.3) is 0 Å². The van der Waals surface area contributed by atoms with E-state index in [9.17, 15) is 9.90 Å². The molecule has 4 nitrogen and oxygen atoms in total. The SMILES string of the molecule is CC(C)(C)c1cc(CCC(=O)NCCCCCCN)cc(C(C)(C)C)c1O. The highest BCUT2D eigenvalue weighted by molar-refractivity contribution is 5.76. The van der Waals surface area contributed by atoms with Gasteiger partial charge in [0.15, 0.2) is 0 Å². The molecular formula is C23H40N2O2. The molecule has 1 aromatic carbocycles. The van der Waals surface area contributed by atoms with Crippen molar-refractivity contribution in [1.29, 1.82) is 0 Å². The van der Waals surface area contributed by atoms with Crippen LogP contribution in [-0.4, -0.2) is 24.1 Å². The largest absolute Gasteiger partial charge is 0.507 e. The first kappa shape index (κ1) is 23.5. The molecule has 0 heterocycles. The highest BCUT2D eigenvalue weighted by Crippen LogP contribution is 2.39. The first-order valence-electron chi connectivity index (χ1n) is 10.3. The zero-order chi connectivity index (χ0) is 20.7. The monoisotopic (exact) mass is 376 g/mol. The molecule has 154 valence electrons. The molecule has 0 spiro atoms.